The van der Waals surface area contributed by atoms with E-state index in [1.807, 2.05) is 0 Å². The number of hydrogen-bond donors (Lipinski definition) is 0. The predicted molar refractivity (Wildman–Crippen MR) is 59.5 cm³/mol. The van der Waals surface area contributed by atoms with E-state index in [4.69, 9.17) is 0 Å². The summed E-state index contributed by atoms with van der Waals surface area (Å²) in [6.45, 7) is 0. The Balaban J connectivity index is 2.29. The Kier molecular flexibility index (Phi) is 3.46. The Morgan fingerprint density at radius 1 is 1.16 bits per heavy atom. The fourth-order valence-corrected chi connectivity index (χ4v) is 1.38. The van der Waals surface area contributed by atoms with Crippen molar-refractivity contribution in [3.63, 3.8) is 0 Å². The first-order chi connectivity index (χ1) is 8.98. The number of halogens is 3. The number of benzene rings is 1. The molecule has 0 N–H and O–H groups in total. The van der Waals surface area contributed by atoms with Crippen LogP contribution in [0, 0.1) is 0 Å². The Bertz CT molecular complexity index is 582. The smallest absolute Gasteiger partial charge is 0.406 e. The van der Waals surface area contributed by atoms with Gasteiger partial charge in [0.05, 0.1) is 5.56 Å². The van der Waals surface area contributed by atoms with E-state index in [-0.39, 0.29) is 17.1 Å². The number of carbonyl (C=O) groups is 1. The summed E-state index contributed by atoms with van der Waals surface area (Å²) in [6, 6.07) is 5.28. The lowest BCUT2D eigenvalue weighted by molar-refractivity contribution is -0.274. The van der Waals surface area contributed by atoms with E-state index in [0.29, 0.717) is 11.8 Å². The van der Waals surface area contributed by atoms with Crippen LogP contribution in [0.1, 0.15) is 10.4 Å². The Hall–Kier alpha value is -2.44. The van der Waals surface area contributed by atoms with Crippen LogP contribution in [-0.4, -0.2) is 22.6 Å². The van der Waals surface area contributed by atoms with Crippen LogP contribution in [0.15, 0.2) is 36.7 Å². The zero-order valence-electron chi connectivity index (χ0n) is 9.39. The second kappa shape index (κ2) is 5.05. The first kappa shape index (κ1) is 13.0. The van der Waals surface area contributed by atoms with Crippen LogP contribution in [0.4, 0.5) is 13.2 Å². The lowest BCUT2D eigenvalue weighted by atomic mass is 10.2. The summed E-state index contributed by atoms with van der Waals surface area (Å²) >= 11 is 0. The Morgan fingerprint density at radius 2 is 1.84 bits per heavy atom. The highest BCUT2D eigenvalue weighted by Crippen LogP contribution is 2.26. The van der Waals surface area contributed by atoms with Gasteiger partial charge in [0.25, 0.3) is 0 Å². The van der Waals surface area contributed by atoms with Crippen LogP contribution in [0.2, 0.25) is 0 Å². The van der Waals surface area contributed by atoms with E-state index in [2.05, 4.69) is 14.7 Å². The largest absolute Gasteiger partial charge is 0.573 e. The molecule has 0 aliphatic heterocycles. The summed E-state index contributed by atoms with van der Waals surface area (Å²) in [6.07, 6.45) is -1.60. The number of carbonyl (C=O) groups excluding carboxylic acids is 1. The fraction of sp³-hybridized carbons (Fsp3) is 0.0833. The molecule has 1 heterocycles. The average Bonchev–Trinajstić information content (AvgIpc) is 2.37. The van der Waals surface area contributed by atoms with Crippen molar-refractivity contribution in [3.8, 4) is 17.1 Å². The van der Waals surface area contributed by atoms with Crippen LogP contribution in [0.3, 0.4) is 0 Å². The molecule has 1 aromatic heterocycles. The van der Waals surface area contributed by atoms with Gasteiger partial charge in [0.1, 0.15) is 5.75 Å². The summed E-state index contributed by atoms with van der Waals surface area (Å²) in [5.41, 5.74) is 0.644. The van der Waals surface area contributed by atoms with Gasteiger partial charge in [0.2, 0.25) is 0 Å². The van der Waals surface area contributed by atoms with Crippen LogP contribution in [0.25, 0.3) is 11.4 Å². The molecule has 0 unspecified atom stereocenters. The molecule has 2 rings (SSSR count). The van der Waals surface area contributed by atoms with Gasteiger partial charge in [-0.3, -0.25) is 4.79 Å². The van der Waals surface area contributed by atoms with Crippen LogP contribution in [0.5, 0.6) is 5.75 Å². The van der Waals surface area contributed by atoms with Gasteiger partial charge in [0.15, 0.2) is 12.1 Å². The van der Waals surface area contributed by atoms with Gasteiger partial charge < -0.3 is 4.74 Å². The molecule has 0 aliphatic rings. The highest BCUT2D eigenvalue weighted by atomic mass is 19.4. The molecule has 0 saturated carbocycles. The number of ether oxygens (including phenoxy) is 1. The number of rotatable bonds is 3. The van der Waals surface area contributed by atoms with Gasteiger partial charge in [-0.1, -0.05) is 12.1 Å². The molecule has 0 amide bonds. The molecule has 1 aromatic carbocycles. The molecule has 0 fully saturated rings. The predicted octanol–water partition coefficient (Wildman–Crippen LogP) is 2.85. The topological polar surface area (TPSA) is 52.1 Å². The van der Waals surface area contributed by atoms with Crippen molar-refractivity contribution >= 4 is 6.29 Å². The molecule has 0 spiro atoms. The number of alkyl halides is 3. The van der Waals surface area contributed by atoms with E-state index < -0.39 is 6.36 Å². The highest BCUT2D eigenvalue weighted by molar-refractivity contribution is 5.74. The second-order valence-corrected chi connectivity index (χ2v) is 3.53. The third kappa shape index (κ3) is 3.51. The van der Waals surface area contributed by atoms with E-state index in [1.54, 1.807) is 6.07 Å². The molecule has 2 aromatic rings. The molecule has 4 nitrogen and oxygen atoms in total. The van der Waals surface area contributed by atoms with Crippen molar-refractivity contribution in [2.45, 2.75) is 6.36 Å². The molecular weight excluding hydrogens is 261 g/mol. The van der Waals surface area contributed by atoms with Gasteiger partial charge in [-0.05, 0) is 12.1 Å². The molecule has 98 valence electrons. The zero-order valence-corrected chi connectivity index (χ0v) is 9.39. The van der Waals surface area contributed by atoms with E-state index in [9.17, 15) is 18.0 Å². The Labute approximate surface area is 105 Å². The van der Waals surface area contributed by atoms with Crippen molar-refractivity contribution in [2.24, 2.45) is 0 Å². The molecule has 0 radical (unpaired) electrons. The third-order valence-corrected chi connectivity index (χ3v) is 2.13. The van der Waals surface area contributed by atoms with Crippen LogP contribution < -0.4 is 4.74 Å². The monoisotopic (exact) mass is 268 g/mol. The van der Waals surface area contributed by atoms with Gasteiger partial charge in [-0.25, -0.2) is 9.97 Å². The van der Waals surface area contributed by atoms with Gasteiger partial charge >= 0.3 is 6.36 Å². The molecule has 19 heavy (non-hydrogen) atoms. The maximum Gasteiger partial charge on any atom is 0.573 e. The number of hydrogen-bond acceptors (Lipinski definition) is 4. The maximum absolute atomic E-state index is 12.1. The molecule has 0 saturated heterocycles. The number of aromatic nitrogens is 2. The van der Waals surface area contributed by atoms with Crippen molar-refractivity contribution in [2.75, 3.05) is 0 Å². The summed E-state index contributed by atoms with van der Waals surface area (Å²) in [5, 5.41) is 0. The van der Waals surface area contributed by atoms with Crippen LogP contribution >= 0.6 is 0 Å². The summed E-state index contributed by atoms with van der Waals surface area (Å²) in [7, 11) is 0. The Morgan fingerprint density at radius 3 is 2.42 bits per heavy atom. The quantitative estimate of drug-likeness (QED) is 0.803. The van der Waals surface area contributed by atoms with Crippen LogP contribution in [-0.2, 0) is 0 Å². The minimum Gasteiger partial charge on any atom is -0.406 e. The number of aldehydes is 1. The summed E-state index contributed by atoms with van der Waals surface area (Å²) in [5.74, 6) is -0.147. The minimum atomic E-state index is -4.75. The van der Waals surface area contributed by atoms with E-state index >= 15 is 0 Å². The SMILES string of the molecule is O=Cc1cnc(-c2cccc(OC(F)(F)F)c2)nc1. The molecule has 0 aliphatic carbocycles. The van der Waals surface area contributed by atoms with Gasteiger partial charge in [-0.2, -0.15) is 0 Å². The maximum atomic E-state index is 12.1. The van der Waals surface area contributed by atoms with E-state index in [1.165, 1.54) is 30.6 Å². The molecule has 0 bridgehead atoms. The van der Waals surface area contributed by atoms with Crippen molar-refractivity contribution in [1.82, 2.24) is 9.97 Å². The second-order valence-electron chi connectivity index (χ2n) is 3.53. The average molecular weight is 268 g/mol. The zero-order chi connectivity index (χ0) is 13.9. The summed E-state index contributed by atoms with van der Waals surface area (Å²) in [4.78, 5) is 18.2. The summed E-state index contributed by atoms with van der Waals surface area (Å²) < 4.78 is 40.0. The normalized spacial score (nSPS) is 11.1. The highest BCUT2D eigenvalue weighted by Gasteiger charge is 2.31. The molecule has 7 heteroatoms. The first-order valence-electron chi connectivity index (χ1n) is 5.11. The van der Waals surface area contributed by atoms with Crippen molar-refractivity contribution in [1.29, 1.82) is 0 Å². The lowest BCUT2D eigenvalue weighted by Crippen LogP contribution is -2.17. The molecule has 0 atom stereocenters. The lowest BCUT2D eigenvalue weighted by Gasteiger charge is -2.09. The van der Waals surface area contributed by atoms with Crippen molar-refractivity contribution in [3.05, 3.63) is 42.2 Å². The minimum absolute atomic E-state index is 0.207. The standard InChI is InChI=1S/C12H7F3N2O2/c13-12(14,15)19-10-3-1-2-9(4-10)11-16-5-8(7-18)6-17-11/h1-7H. The van der Waals surface area contributed by atoms with Crippen molar-refractivity contribution < 1.29 is 22.7 Å². The fourth-order valence-electron chi connectivity index (χ4n) is 1.38. The van der Waals surface area contributed by atoms with Gasteiger partial charge in [-0.15, -0.1) is 13.2 Å². The first-order valence-corrected chi connectivity index (χ1v) is 5.11. The van der Waals surface area contributed by atoms with E-state index in [0.717, 1.165) is 0 Å². The molecular formula is C12H7F3N2O2. The van der Waals surface area contributed by atoms with Gasteiger partial charge in [0, 0.05) is 18.0 Å². The third-order valence-electron chi connectivity index (χ3n) is 2.13. The number of nitrogens with zero attached hydrogens (tertiary/aromatic N) is 2.